The van der Waals surface area contributed by atoms with Crippen molar-refractivity contribution in [2.24, 2.45) is 0 Å². The van der Waals surface area contributed by atoms with Gasteiger partial charge in [0.2, 0.25) is 0 Å². The van der Waals surface area contributed by atoms with E-state index in [0.717, 1.165) is 25.4 Å². The maximum Gasteiger partial charge on any atom is 0.133 e. The number of benzene rings is 2. The maximum atomic E-state index is 5.91. The third-order valence-corrected chi connectivity index (χ3v) is 3.76. The Kier molecular flexibility index (Phi) is 5.55. The first-order valence-electron chi connectivity index (χ1n) is 5.72. The van der Waals surface area contributed by atoms with Crippen LogP contribution in [0.2, 0.25) is 5.02 Å². The second-order valence-corrected chi connectivity index (χ2v) is 6.07. The van der Waals surface area contributed by atoms with Gasteiger partial charge in [-0.3, -0.25) is 0 Å². The van der Waals surface area contributed by atoms with Gasteiger partial charge in [-0.1, -0.05) is 33.6 Å². The Balaban J connectivity index is 1.81. The summed E-state index contributed by atoms with van der Waals surface area (Å²) in [5, 5.41) is 3.98. The van der Waals surface area contributed by atoms with E-state index in [-0.39, 0.29) is 0 Å². The van der Waals surface area contributed by atoms with E-state index in [1.54, 1.807) is 0 Å². The van der Waals surface area contributed by atoms with Gasteiger partial charge in [0.1, 0.15) is 12.4 Å². The van der Waals surface area contributed by atoms with E-state index >= 15 is 0 Å². The summed E-state index contributed by atoms with van der Waals surface area (Å²) in [6.45, 7) is 1.29. The van der Waals surface area contributed by atoms with E-state index in [0.29, 0.717) is 13.2 Å². The molecular weight excluding hydrogens is 393 g/mol. The summed E-state index contributed by atoms with van der Waals surface area (Å²) in [5.41, 5.74) is 0.992. The Labute approximate surface area is 134 Å². The molecule has 1 N–H and O–H groups in total. The van der Waals surface area contributed by atoms with Crippen molar-refractivity contribution >= 4 is 49.1 Å². The fourth-order valence-electron chi connectivity index (χ4n) is 1.55. The normalized spacial score (nSPS) is 10.3. The molecule has 0 aliphatic carbocycles. The SMILES string of the molecule is Clc1cccc(NCCOc2ccc(Br)cc2Br)c1. The monoisotopic (exact) mass is 403 g/mol. The van der Waals surface area contributed by atoms with Gasteiger partial charge in [-0.2, -0.15) is 0 Å². The Morgan fingerprint density at radius 3 is 2.68 bits per heavy atom. The van der Waals surface area contributed by atoms with Gasteiger partial charge >= 0.3 is 0 Å². The van der Waals surface area contributed by atoms with Crippen LogP contribution in [0.4, 0.5) is 5.69 Å². The van der Waals surface area contributed by atoms with Crippen LogP contribution in [0.25, 0.3) is 0 Å². The zero-order chi connectivity index (χ0) is 13.7. The molecule has 19 heavy (non-hydrogen) atoms. The maximum absolute atomic E-state index is 5.91. The number of anilines is 1. The molecule has 0 unspecified atom stereocenters. The molecule has 0 heterocycles. The fourth-order valence-corrected chi connectivity index (χ4v) is 2.90. The molecule has 100 valence electrons. The summed E-state index contributed by atoms with van der Waals surface area (Å²) < 4.78 is 7.63. The van der Waals surface area contributed by atoms with Crippen LogP contribution in [0, 0.1) is 0 Å². The molecule has 0 atom stereocenters. The average molecular weight is 406 g/mol. The average Bonchev–Trinajstić information content (AvgIpc) is 2.37. The third kappa shape index (κ3) is 4.71. The summed E-state index contributed by atoms with van der Waals surface area (Å²) in [5.74, 6) is 0.830. The number of halogens is 3. The van der Waals surface area contributed by atoms with Crippen molar-refractivity contribution in [3.8, 4) is 5.75 Å². The molecular formula is C14H12Br2ClNO. The smallest absolute Gasteiger partial charge is 0.133 e. The van der Waals surface area contributed by atoms with E-state index in [2.05, 4.69) is 37.2 Å². The second-order valence-electron chi connectivity index (χ2n) is 3.86. The zero-order valence-electron chi connectivity index (χ0n) is 10.00. The molecule has 0 saturated heterocycles. The lowest BCUT2D eigenvalue weighted by atomic mass is 10.3. The number of nitrogens with one attached hydrogen (secondary N) is 1. The van der Waals surface area contributed by atoms with E-state index in [4.69, 9.17) is 16.3 Å². The topological polar surface area (TPSA) is 21.3 Å². The molecule has 0 aliphatic rings. The van der Waals surface area contributed by atoms with E-state index < -0.39 is 0 Å². The Morgan fingerprint density at radius 1 is 1.11 bits per heavy atom. The minimum Gasteiger partial charge on any atom is -0.491 e. The summed E-state index contributed by atoms with van der Waals surface area (Å²) in [7, 11) is 0. The van der Waals surface area contributed by atoms with Crippen molar-refractivity contribution in [3.05, 3.63) is 56.4 Å². The summed E-state index contributed by atoms with van der Waals surface area (Å²) in [4.78, 5) is 0. The van der Waals surface area contributed by atoms with E-state index in [1.807, 2.05) is 42.5 Å². The zero-order valence-corrected chi connectivity index (χ0v) is 13.9. The Bertz CT molecular complexity index is 563. The van der Waals surface area contributed by atoms with Gasteiger partial charge in [0, 0.05) is 21.7 Å². The fraction of sp³-hybridized carbons (Fsp3) is 0.143. The van der Waals surface area contributed by atoms with Gasteiger partial charge in [0.25, 0.3) is 0 Å². The van der Waals surface area contributed by atoms with Crippen LogP contribution in [0.5, 0.6) is 5.75 Å². The first-order valence-corrected chi connectivity index (χ1v) is 7.69. The second kappa shape index (κ2) is 7.17. The molecule has 0 spiro atoms. The highest BCUT2D eigenvalue weighted by Gasteiger charge is 2.01. The van der Waals surface area contributed by atoms with E-state index in [1.165, 1.54) is 0 Å². The quantitative estimate of drug-likeness (QED) is 0.677. The molecule has 2 nitrogen and oxygen atoms in total. The van der Waals surface area contributed by atoms with Crippen LogP contribution in [0.15, 0.2) is 51.4 Å². The molecule has 0 aromatic heterocycles. The van der Waals surface area contributed by atoms with Crippen LogP contribution in [-0.2, 0) is 0 Å². The minimum absolute atomic E-state index is 0.576. The summed E-state index contributed by atoms with van der Waals surface area (Å²) in [6.07, 6.45) is 0. The van der Waals surface area contributed by atoms with Crippen LogP contribution >= 0.6 is 43.5 Å². The molecule has 0 amide bonds. The van der Waals surface area contributed by atoms with E-state index in [9.17, 15) is 0 Å². The highest BCUT2D eigenvalue weighted by atomic mass is 79.9. The van der Waals surface area contributed by atoms with Crippen LogP contribution in [0.3, 0.4) is 0 Å². The van der Waals surface area contributed by atoms with Gasteiger partial charge in [-0.15, -0.1) is 0 Å². The first-order chi connectivity index (χ1) is 9.15. The first kappa shape index (κ1) is 14.7. The molecule has 0 aliphatic heterocycles. The predicted octanol–water partition coefficient (Wildman–Crippen LogP) is 5.36. The van der Waals surface area contributed by atoms with Crippen molar-refractivity contribution < 1.29 is 4.74 Å². The lowest BCUT2D eigenvalue weighted by Gasteiger charge is -2.10. The molecule has 0 radical (unpaired) electrons. The third-order valence-electron chi connectivity index (χ3n) is 2.41. The predicted molar refractivity (Wildman–Crippen MR) is 87.3 cm³/mol. The Morgan fingerprint density at radius 2 is 1.95 bits per heavy atom. The highest BCUT2D eigenvalue weighted by Crippen LogP contribution is 2.28. The number of hydrogen-bond donors (Lipinski definition) is 1. The van der Waals surface area contributed by atoms with Crippen molar-refractivity contribution in [2.75, 3.05) is 18.5 Å². The van der Waals surface area contributed by atoms with Crippen molar-refractivity contribution in [2.45, 2.75) is 0 Å². The van der Waals surface area contributed by atoms with Crippen LogP contribution < -0.4 is 10.1 Å². The van der Waals surface area contributed by atoms with Gasteiger partial charge in [-0.25, -0.2) is 0 Å². The molecule has 0 saturated carbocycles. The molecule has 2 aromatic rings. The van der Waals surface area contributed by atoms with Crippen LogP contribution in [0.1, 0.15) is 0 Å². The standard InChI is InChI=1S/C14H12Br2ClNO/c15-10-4-5-14(13(16)8-10)19-7-6-18-12-3-1-2-11(17)9-12/h1-5,8-9,18H,6-7H2. The molecule has 0 bridgehead atoms. The molecule has 2 rings (SSSR count). The number of hydrogen-bond acceptors (Lipinski definition) is 2. The summed E-state index contributed by atoms with van der Waals surface area (Å²) in [6, 6.07) is 13.5. The molecule has 0 fully saturated rings. The molecule has 2 aromatic carbocycles. The highest BCUT2D eigenvalue weighted by molar-refractivity contribution is 9.11. The lowest BCUT2D eigenvalue weighted by molar-refractivity contribution is 0.331. The summed E-state index contributed by atoms with van der Waals surface area (Å²) >= 11 is 12.8. The van der Waals surface area contributed by atoms with Crippen LogP contribution in [-0.4, -0.2) is 13.2 Å². The number of rotatable bonds is 5. The van der Waals surface area contributed by atoms with Crippen molar-refractivity contribution in [1.29, 1.82) is 0 Å². The van der Waals surface area contributed by atoms with Gasteiger partial charge in [-0.05, 0) is 52.3 Å². The largest absolute Gasteiger partial charge is 0.491 e. The number of ether oxygens (including phenoxy) is 1. The van der Waals surface area contributed by atoms with Gasteiger partial charge in [0.05, 0.1) is 4.47 Å². The van der Waals surface area contributed by atoms with Gasteiger partial charge in [0.15, 0.2) is 0 Å². The molecule has 5 heteroatoms. The lowest BCUT2D eigenvalue weighted by Crippen LogP contribution is -2.11. The minimum atomic E-state index is 0.576. The van der Waals surface area contributed by atoms with Gasteiger partial charge < -0.3 is 10.1 Å². The van der Waals surface area contributed by atoms with Crippen molar-refractivity contribution in [1.82, 2.24) is 0 Å². The Hall–Kier alpha value is -0.710. The van der Waals surface area contributed by atoms with Crippen molar-refractivity contribution in [3.63, 3.8) is 0 Å².